The molecule has 0 bridgehead atoms. The van der Waals surface area contributed by atoms with Crippen molar-refractivity contribution in [1.82, 2.24) is 10.9 Å². The van der Waals surface area contributed by atoms with Crippen LogP contribution in [0.1, 0.15) is 18.0 Å². The highest BCUT2D eigenvalue weighted by Gasteiger charge is 2.31. The molecule has 3 N–H and O–H groups in total. The summed E-state index contributed by atoms with van der Waals surface area (Å²) in [7, 11) is 3.29. The first-order chi connectivity index (χ1) is 8.26. The maximum Gasteiger partial charge on any atom is 0.324 e. The molecule has 2 unspecified atom stereocenters. The van der Waals surface area contributed by atoms with Gasteiger partial charge in [0.1, 0.15) is 6.04 Å². The lowest BCUT2D eigenvalue weighted by Crippen LogP contribution is -2.36. The van der Waals surface area contributed by atoms with Crippen LogP contribution in [0.4, 0.5) is 5.69 Å². The number of methoxy groups -OCH3 is 1. The Morgan fingerprint density at radius 1 is 1.41 bits per heavy atom. The van der Waals surface area contributed by atoms with E-state index in [2.05, 4.69) is 16.2 Å². The highest BCUT2D eigenvalue weighted by molar-refractivity contribution is 5.76. The summed E-state index contributed by atoms with van der Waals surface area (Å²) in [6.07, 6.45) is 0.686. The number of hydrazine groups is 1. The predicted molar refractivity (Wildman–Crippen MR) is 65.4 cm³/mol. The Morgan fingerprint density at radius 3 is 2.88 bits per heavy atom. The Morgan fingerprint density at radius 2 is 2.18 bits per heavy atom. The van der Waals surface area contributed by atoms with Crippen LogP contribution in [0.5, 0.6) is 0 Å². The van der Waals surface area contributed by atoms with Crippen LogP contribution in [-0.2, 0) is 9.53 Å². The van der Waals surface area contributed by atoms with Crippen molar-refractivity contribution in [3.63, 3.8) is 0 Å². The lowest BCUT2D eigenvalue weighted by atomic mass is 10.0. The summed E-state index contributed by atoms with van der Waals surface area (Å²) < 4.78 is 4.72. The molecule has 0 amide bonds. The first-order valence-electron chi connectivity index (χ1n) is 5.62. The molecular weight excluding hydrogens is 218 g/mol. The van der Waals surface area contributed by atoms with Gasteiger partial charge in [-0.1, -0.05) is 18.2 Å². The van der Waals surface area contributed by atoms with Crippen LogP contribution in [0.15, 0.2) is 24.3 Å². The molecule has 0 spiro atoms. The number of hydrogen-bond acceptors (Lipinski definition) is 5. The van der Waals surface area contributed by atoms with Gasteiger partial charge >= 0.3 is 5.97 Å². The molecule has 2 atom stereocenters. The molecule has 1 saturated heterocycles. The second-order valence-corrected chi connectivity index (χ2v) is 3.99. The van der Waals surface area contributed by atoms with Crippen molar-refractivity contribution in [3.8, 4) is 0 Å². The van der Waals surface area contributed by atoms with Crippen molar-refractivity contribution in [3.05, 3.63) is 29.8 Å². The Balaban J connectivity index is 2.12. The molecule has 1 aromatic rings. The summed E-state index contributed by atoms with van der Waals surface area (Å²) in [5.74, 6) is -0.234. The lowest BCUT2D eigenvalue weighted by Gasteiger charge is -2.14. The normalized spacial score (nSPS) is 23.4. The van der Waals surface area contributed by atoms with Gasteiger partial charge in [0.2, 0.25) is 0 Å². The van der Waals surface area contributed by atoms with Crippen molar-refractivity contribution in [2.24, 2.45) is 0 Å². The number of ether oxygens (including phenoxy) is 1. The highest BCUT2D eigenvalue weighted by Crippen LogP contribution is 2.28. The third-order valence-electron chi connectivity index (χ3n) is 2.99. The van der Waals surface area contributed by atoms with Gasteiger partial charge in [0.25, 0.3) is 0 Å². The quantitative estimate of drug-likeness (QED) is 0.677. The largest absolute Gasteiger partial charge is 0.468 e. The number of esters is 1. The highest BCUT2D eigenvalue weighted by atomic mass is 16.5. The molecule has 92 valence electrons. The number of carbonyl (C=O) groups is 1. The molecule has 1 fully saturated rings. The molecular formula is C12H17N3O2. The van der Waals surface area contributed by atoms with Crippen LogP contribution in [0.2, 0.25) is 0 Å². The van der Waals surface area contributed by atoms with E-state index in [4.69, 9.17) is 4.74 Å². The van der Waals surface area contributed by atoms with E-state index in [1.165, 1.54) is 7.11 Å². The molecule has 1 heterocycles. The third kappa shape index (κ3) is 2.40. The molecule has 1 aliphatic heterocycles. The van der Waals surface area contributed by atoms with Gasteiger partial charge in [0.15, 0.2) is 0 Å². The number of para-hydroxylation sites is 1. The Kier molecular flexibility index (Phi) is 3.61. The SMILES string of the molecule is CNc1ccccc1C1CC(C(=O)OC)NN1. The van der Waals surface area contributed by atoms with Gasteiger partial charge in [-0.15, -0.1) is 0 Å². The summed E-state index contributed by atoms with van der Waals surface area (Å²) in [5, 5.41) is 3.15. The zero-order chi connectivity index (χ0) is 12.3. The van der Waals surface area contributed by atoms with E-state index < -0.39 is 0 Å². The Bertz CT molecular complexity index is 408. The average molecular weight is 235 g/mol. The van der Waals surface area contributed by atoms with E-state index in [9.17, 15) is 4.79 Å². The fourth-order valence-corrected chi connectivity index (χ4v) is 2.09. The van der Waals surface area contributed by atoms with Gasteiger partial charge in [-0.25, -0.2) is 10.9 Å². The Labute approximate surface area is 101 Å². The van der Waals surface area contributed by atoms with Crippen molar-refractivity contribution >= 4 is 11.7 Å². The number of rotatable bonds is 3. The van der Waals surface area contributed by atoms with Crippen LogP contribution in [0.3, 0.4) is 0 Å². The molecule has 0 radical (unpaired) electrons. The average Bonchev–Trinajstić information content (AvgIpc) is 2.87. The molecule has 1 aliphatic rings. The maximum atomic E-state index is 11.4. The first kappa shape index (κ1) is 11.9. The smallest absolute Gasteiger partial charge is 0.324 e. The third-order valence-corrected chi connectivity index (χ3v) is 2.99. The van der Waals surface area contributed by atoms with E-state index in [1.54, 1.807) is 0 Å². The molecule has 2 rings (SSSR count). The number of hydrogen-bond donors (Lipinski definition) is 3. The summed E-state index contributed by atoms with van der Waals surface area (Å²) in [6, 6.07) is 7.87. The molecule has 5 heteroatoms. The van der Waals surface area contributed by atoms with Crippen LogP contribution in [0, 0.1) is 0 Å². The minimum atomic E-state index is -0.282. The molecule has 0 aliphatic carbocycles. The van der Waals surface area contributed by atoms with Crippen LogP contribution in [0.25, 0.3) is 0 Å². The minimum Gasteiger partial charge on any atom is -0.468 e. The van der Waals surface area contributed by atoms with Crippen molar-refractivity contribution in [1.29, 1.82) is 0 Å². The molecule has 1 aromatic carbocycles. The standard InChI is InChI=1S/C12H17N3O2/c1-13-9-6-4-3-5-8(9)10-7-11(15-14-10)12(16)17-2/h3-6,10-11,13-15H,7H2,1-2H3. The van der Waals surface area contributed by atoms with Crippen molar-refractivity contribution in [2.45, 2.75) is 18.5 Å². The van der Waals surface area contributed by atoms with E-state index in [1.807, 2.05) is 31.3 Å². The number of benzene rings is 1. The second kappa shape index (κ2) is 5.16. The van der Waals surface area contributed by atoms with Gasteiger partial charge in [-0.05, 0) is 18.1 Å². The van der Waals surface area contributed by atoms with Crippen molar-refractivity contribution in [2.75, 3.05) is 19.5 Å². The monoisotopic (exact) mass is 235 g/mol. The summed E-state index contributed by atoms with van der Waals surface area (Å²) >= 11 is 0. The van der Waals surface area contributed by atoms with E-state index >= 15 is 0 Å². The first-order valence-corrected chi connectivity index (χ1v) is 5.62. The zero-order valence-corrected chi connectivity index (χ0v) is 9.99. The fourth-order valence-electron chi connectivity index (χ4n) is 2.09. The van der Waals surface area contributed by atoms with Gasteiger partial charge < -0.3 is 10.1 Å². The van der Waals surface area contributed by atoms with E-state index in [0.717, 1.165) is 11.3 Å². The van der Waals surface area contributed by atoms with Gasteiger partial charge in [0.05, 0.1) is 13.2 Å². The van der Waals surface area contributed by atoms with Gasteiger partial charge in [-0.2, -0.15) is 0 Å². The van der Waals surface area contributed by atoms with E-state index in [0.29, 0.717) is 6.42 Å². The minimum absolute atomic E-state index is 0.114. The molecule has 0 aromatic heterocycles. The van der Waals surface area contributed by atoms with Gasteiger partial charge in [0, 0.05) is 12.7 Å². The molecule has 5 nitrogen and oxygen atoms in total. The predicted octanol–water partition coefficient (Wildman–Crippen LogP) is 0.809. The number of nitrogens with one attached hydrogen (secondary N) is 3. The van der Waals surface area contributed by atoms with Crippen molar-refractivity contribution < 1.29 is 9.53 Å². The molecule has 17 heavy (non-hydrogen) atoms. The topological polar surface area (TPSA) is 62.4 Å². The fraction of sp³-hybridized carbons (Fsp3) is 0.417. The van der Waals surface area contributed by atoms with Crippen LogP contribution >= 0.6 is 0 Å². The van der Waals surface area contributed by atoms with Crippen LogP contribution in [-0.4, -0.2) is 26.2 Å². The Hall–Kier alpha value is -1.59. The molecule has 0 saturated carbocycles. The second-order valence-electron chi connectivity index (χ2n) is 3.99. The summed E-state index contributed by atoms with van der Waals surface area (Å²) in [6.45, 7) is 0. The lowest BCUT2D eigenvalue weighted by molar-refractivity contribution is -0.142. The summed E-state index contributed by atoms with van der Waals surface area (Å²) in [4.78, 5) is 11.4. The maximum absolute atomic E-state index is 11.4. The van der Waals surface area contributed by atoms with Gasteiger partial charge in [-0.3, -0.25) is 4.79 Å². The van der Waals surface area contributed by atoms with Crippen LogP contribution < -0.4 is 16.2 Å². The number of carbonyl (C=O) groups excluding carboxylic acids is 1. The van der Waals surface area contributed by atoms with E-state index in [-0.39, 0.29) is 18.1 Å². The summed E-state index contributed by atoms with van der Waals surface area (Å²) in [5.41, 5.74) is 8.29. The zero-order valence-electron chi connectivity index (χ0n) is 9.99. The number of anilines is 1.